The van der Waals surface area contributed by atoms with Gasteiger partial charge in [-0.15, -0.1) is 0 Å². The summed E-state index contributed by atoms with van der Waals surface area (Å²) in [5.41, 5.74) is 18.7. The molecular weight excluding hydrogens is 444 g/mol. The van der Waals surface area contributed by atoms with Crippen molar-refractivity contribution >= 4 is 17.9 Å². The number of rotatable bonds is 12. The highest BCUT2D eigenvalue weighted by atomic mass is 16.5. The van der Waals surface area contributed by atoms with E-state index in [0.29, 0.717) is 0 Å². The van der Waals surface area contributed by atoms with Crippen LogP contribution in [0.1, 0.15) is 20.8 Å². The van der Waals surface area contributed by atoms with E-state index in [1.54, 1.807) is 20.8 Å². The van der Waals surface area contributed by atoms with Gasteiger partial charge in [0.2, 0.25) is 11.6 Å². The normalized spacial score (nSPS) is 22.2. The average Bonchev–Trinajstić information content (AvgIpc) is 2.73. The first-order valence-corrected chi connectivity index (χ1v) is 9.83. The SMILES string of the molecule is CCOC(=CN1C(N)N(C=CC(=O)O)C(N)N(C(OCC)=C(OCC)C(=O)O)C1N)C(=O)O. The van der Waals surface area contributed by atoms with Crippen molar-refractivity contribution in [2.75, 3.05) is 19.8 Å². The van der Waals surface area contributed by atoms with Gasteiger partial charge in [0, 0.05) is 12.3 Å². The molecule has 33 heavy (non-hydrogen) atoms. The summed E-state index contributed by atoms with van der Waals surface area (Å²) < 4.78 is 15.8. The quantitative estimate of drug-likeness (QED) is 0.140. The first-order valence-electron chi connectivity index (χ1n) is 9.83. The molecule has 3 atom stereocenters. The summed E-state index contributed by atoms with van der Waals surface area (Å²) in [6.07, 6.45) is -1.24. The second kappa shape index (κ2) is 12.4. The number of hydrogen-bond donors (Lipinski definition) is 6. The van der Waals surface area contributed by atoms with Gasteiger partial charge >= 0.3 is 17.9 Å². The molecule has 0 bridgehead atoms. The Morgan fingerprint density at radius 2 is 1.36 bits per heavy atom. The molecule has 0 amide bonds. The lowest BCUT2D eigenvalue weighted by molar-refractivity contribution is -0.148. The molecule has 0 radical (unpaired) electrons. The van der Waals surface area contributed by atoms with Crippen molar-refractivity contribution in [1.29, 1.82) is 0 Å². The van der Waals surface area contributed by atoms with Crippen LogP contribution in [0, 0.1) is 0 Å². The summed E-state index contributed by atoms with van der Waals surface area (Å²) in [4.78, 5) is 37.7. The molecule has 0 aromatic heterocycles. The molecule has 3 unspecified atom stereocenters. The molecule has 0 aromatic carbocycles. The largest absolute Gasteiger partial charge is 0.486 e. The number of carboxylic acids is 3. The van der Waals surface area contributed by atoms with Crippen molar-refractivity contribution in [2.45, 2.75) is 39.6 Å². The van der Waals surface area contributed by atoms with Gasteiger partial charge in [-0.1, -0.05) is 0 Å². The van der Waals surface area contributed by atoms with Gasteiger partial charge in [0.1, 0.15) is 0 Å². The summed E-state index contributed by atoms with van der Waals surface area (Å²) in [7, 11) is 0. The second-order valence-electron chi connectivity index (χ2n) is 6.23. The number of aliphatic carboxylic acids is 3. The van der Waals surface area contributed by atoms with Gasteiger partial charge in [-0.25, -0.2) is 14.4 Å². The molecule has 0 spiro atoms. The number of nitrogens with zero attached hydrogens (tertiary/aromatic N) is 3. The predicted octanol–water partition coefficient (Wildman–Crippen LogP) is -1.48. The Balaban J connectivity index is 3.76. The molecule has 1 aliphatic heterocycles. The highest BCUT2D eigenvalue weighted by Crippen LogP contribution is 2.27. The fourth-order valence-electron chi connectivity index (χ4n) is 2.83. The molecule has 0 saturated carbocycles. The van der Waals surface area contributed by atoms with Crippen molar-refractivity contribution in [2.24, 2.45) is 17.2 Å². The van der Waals surface area contributed by atoms with Crippen LogP contribution in [-0.2, 0) is 28.6 Å². The summed E-state index contributed by atoms with van der Waals surface area (Å²) in [5, 5.41) is 28.1. The monoisotopic (exact) mass is 474 g/mol. The molecule has 1 fully saturated rings. The molecule has 15 heteroatoms. The Bertz CT molecular complexity index is 815. The van der Waals surface area contributed by atoms with E-state index in [1.807, 2.05) is 0 Å². The van der Waals surface area contributed by atoms with Crippen LogP contribution in [0.3, 0.4) is 0 Å². The Morgan fingerprint density at radius 3 is 1.82 bits per heavy atom. The van der Waals surface area contributed by atoms with Crippen molar-refractivity contribution in [1.82, 2.24) is 14.7 Å². The average molecular weight is 474 g/mol. The first kappa shape index (κ1) is 27.3. The van der Waals surface area contributed by atoms with Crippen LogP contribution in [0.25, 0.3) is 0 Å². The van der Waals surface area contributed by atoms with Crippen LogP contribution in [0.5, 0.6) is 0 Å². The lowest BCUT2D eigenvalue weighted by atomic mass is 10.3. The molecule has 1 saturated heterocycles. The van der Waals surface area contributed by atoms with Gasteiger partial charge in [0.15, 0.2) is 18.9 Å². The minimum atomic E-state index is -1.48. The van der Waals surface area contributed by atoms with Gasteiger partial charge in [-0.3, -0.25) is 22.1 Å². The van der Waals surface area contributed by atoms with Crippen LogP contribution < -0.4 is 17.2 Å². The summed E-state index contributed by atoms with van der Waals surface area (Å²) >= 11 is 0. The van der Waals surface area contributed by atoms with Crippen LogP contribution in [0.2, 0.25) is 0 Å². The Morgan fingerprint density at radius 1 is 0.818 bits per heavy atom. The Kier molecular flexibility index (Phi) is 10.3. The zero-order valence-corrected chi connectivity index (χ0v) is 18.5. The van der Waals surface area contributed by atoms with E-state index in [0.717, 1.165) is 33.2 Å². The summed E-state index contributed by atoms with van der Waals surface area (Å²) in [6.45, 7) is 4.66. The molecule has 1 heterocycles. The first-order chi connectivity index (χ1) is 15.5. The van der Waals surface area contributed by atoms with Crippen LogP contribution >= 0.6 is 0 Å². The lowest BCUT2D eigenvalue weighted by Crippen LogP contribution is -2.75. The molecule has 9 N–H and O–H groups in total. The lowest BCUT2D eigenvalue weighted by Gasteiger charge is -2.54. The van der Waals surface area contributed by atoms with E-state index in [2.05, 4.69) is 0 Å². The van der Waals surface area contributed by atoms with E-state index >= 15 is 0 Å². The summed E-state index contributed by atoms with van der Waals surface area (Å²) in [5.74, 6) is -5.74. The topological polar surface area (TPSA) is 227 Å². The maximum atomic E-state index is 11.8. The van der Waals surface area contributed by atoms with Crippen molar-refractivity contribution < 1.29 is 43.9 Å². The van der Waals surface area contributed by atoms with Crippen LogP contribution in [-0.4, -0.2) is 86.6 Å². The predicted molar refractivity (Wildman–Crippen MR) is 111 cm³/mol. The fourth-order valence-corrected chi connectivity index (χ4v) is 2.83. The third kappa shape index (κ3) is 6.64. The van der Waals surface area contributed by atoms with Gasteiger partial charge in [0.25, 0.3) is 5.76 Å². The minimum absolute atomic E-state index is 0.0126. The van der Waals surface area contributed by atoms with Crippen molar-refractivity contribution in [3.8, 4) is 0 Å². The second-order valence-corrected chi connectivity index (χ2v) is 6.23. The highest BCUT2D eigenvalue weighted by Gasteiger charge is 2.44. The minimum Gasteiger partial charge on any atom is -0.486 e. The Labute approximate surface area is 189 Å². The fraction of sp³-hybridized carbons (Fsp3) is 0.500. The van der Waals surface area contributed by atoms with Crippen LogP contribution in [0.4, 0.5) is 0 Å². The van der Waals surface area contributed by atoms with Crippen molar-refractivity contribution in [3.05, 3.63) is 35.9 Å². The maximum absolute atomic E-state index is 11.8. The van der Waals surface area contributed by atoms with Gasteiger partial charge in [-0.05, 0) is 20.8 Å². The number of carboxylic acid groups (broad SMARTS) is 3. The number of ether oxygens (including phenoxy) is 3. The standard InChI is InChI=1S/C18H30N6O9/c1-4-31-10(14(27)28)9-23-16(19)22(8-7-11(25)26)17(20)24(18(23)21)13(33-6-3)12(15(29)30)32-5-2/h7-9,16-18H,4-6,19-21H2,1-3H3,(H,25,26)(H,27,28)(H,29,30). The molecule has 1 rings (SSSR count). The van der Waals surface area contributed by atoms with Gasteiger partial charge in [-0.2, -0.15) is 0 Å². The van der Waals surface area contributed by atoms with E-state index in [1.165, 1.54) is 0 Å². The molecule has 1 aliphatic rings. The zero-order valence-electron chi connectivity index (χ0n) is 18.5. The number of carbonyl (C=O) groups is 3. The van der Waals surface area contributed by atoms with E-state index < -0.39 is 48.3 Å². The molecular formula is C18H30N6O9. The number of hydrogen-bond acceptors (Lipinski definition) is 12. The van der Waals surface area contributed by atoms with Crippen molar-refractivity contribution in [3.63, 3.8) is 0 Å². The molecule has 15 nitrogen and oxygen atoms in total. The molecule has 186 valence electrons. The van der Waals surface area contributed by atoms with Crippen LogP contribution in [0.15, 0.2) is 35.9 Å². The summed E-state index contributed by atoms with van der Waals surface area (Å²) in [6, 6.07) is 0. The van der Waals surface area contributed by atoms with E-state index in [9.17, 15) is 24.6 Å². The van der Waals surface area contributed by atoms with Gasteiger partial charge < -0.3 is 39.3 Å². The Hall–Kier alpha value is -3.69. The maximum Gasteiger partial charge on any atom is 0.376 e. The van der Waals surface area contributed by atoms with Gasteiger partial charge in [0.05, 0.1) is 26.0 Å². The zero-order chi connectivity index (χ0) is 25.3. The molecule has 0 aromatic rings. The smallest absolute Gasteiger partial charge is 0.376 e. The highest BCUT2D eigenvalue weighted by molar-refractivity contribution is 5.85. The van der Waals surface area contributed by atoms with E-state index in [-0.39, 0.29) is 25.7 Å². The third-order valence-electron chi connectivity index (χ3n) is 4.15. The third-order valence-corrected chi connectivity index (χ3v) is 4.15. The van der Waals surface area contributed by atoms with E-state index in [4.69, 9.17) is 36.5 Å². The number of nitrogens with two attached hydrogens (primary N) is 3. The molecule has 0 aliphatic carbocycles.